The number of para-hydroxylation sites is 1. The van der Waals surface area contributed by atoms with E-state index >= 15 is 0 Å². The molecule has 0 aliphatic heterocycles. The number of fused-ring (bicyclic) bond motifs is 1. The molecule has 0 saturated heterocycles. The van der Waals surface area contributed by atoms with Crippen LogP contribution in [0.15, 0.2) is 34.9 Å². The number of carbonyl (C=O) groups is 2. The van der Waals surface area contributed by atoms with Crippen LogP contribution in [0, 0.1) is 30.1 Å². The van der Waals surface area contributed by atoms with Crippen molar-refractivity contribution in [2.45, 2.75) is 71.4 Å². The van der Waals surface area contributed by atoms with E-state index in [-0.39, 0.29) is 23.5 Å². The lowest BCUT2D eigenvalue weighted by molar-refractivity contribution is -0.203. The maximum absolute atomic E-state index is 13.6. The fourth-order valence-corrected chi connectivity index (χ4v) is 5.34. The van der Waals surface area contributed by atoms with Crippen molar-refractivity contribution in [3.8, 4) is 6.07 Å². The number of benzene rings is 1. The molecular weight excluding hydrogens is 482 g/mol. The number of aryl methyl sites for hydroxylation is 2. The lowest BCUT2D eigenvalue weighted by Gasteiger charge is -2.31. The van der Waals surface area contributed by atoms with Gasteiger partial charge in [0.05, 0.1) is 0 Å². The molecule has 1 aliphatic carbocycles. The van der Waals surface area contributed by atoms with Crippen LogP contribution in [-0.4, -0.2) is 39.6 Å². The van der Waals surface area contributed by atoms with E-state index in [0.29, 0.717) is 12.2 Å². The molecule has 2 aromatic heterocycles. The van der Waals surface area contributed by atoms with Gasteiger partial charge < -0.3 is 19.1 Å². The Balaban J connectivity index is 1.58. The highest BCUT2D eigenvalue weighted by molar-refractivity contribution is 5.98. The van der Waals surface area contributed by atoms with Gasteiger partial charge in [-0.15, -0.1) is 5.06 Å². The molecule has 1 aliphatic rings. The number of oxazole rings is 1. The summed E-state index contributed by atoms with van der Waals surface area (Å²) in [6, 6.07) is 9.52. The number of amides is 1. The van der Waals surface area contributed by atoms with Gasteiger partial charge in [-0.1, -0.05) is 51.3 Å². The van der Waals surface area contributed by atoms with Gasteiger partial charge in [-0.25, -0.2) is 9.78 Å². The molecule has 1 N–H and O–H groups in total. The van der Waals surface area contributed by atoms with Crippen LogP contribution in [0.1, 0.15) is 74.9 Å². The van der Waals surface area contributed by atoms with Crippen molar-refractivity contribution in [1.82, 2.24) is 19.9 Å². The van der Waals surface area contributed by atoms with Gasteiger partial charge in [-0.05, 0) is 37.3 Å². The van der Waals surface area contributed by atoms with Gasteiger partial charge in [0.25, 0.3) is 0 Å². The lowest BCUT2D eigenvalue weighted by atomic mass is 9.94. The second-order valence-corrected chi connectivity index (χ2v) is 10.6. The number of hydrogen-bond donors (Lipinski definition) is 1. The molecule has 0 bridgehead atoms. The molecule has 0 unspecified atom stereocenters. The summed E-state index contributed by atoms with van der Waals surface area (Å²) in [7, 11) is 3.74. The minimum Gasteiger partial charge on any atom is -0.442 e. The van der Waals surface area contributed by atoms with Gasteiger partial charge in [0.15, 0.2) is 5.69 Å². The predicted octanol–water partition coefficient (Wildman–Crippen LogP) is 4.74. The van der Waals surface area contributed by atoms with E-state index in [0.717, 1.165) is 42.1 Å². The number of carbonyl (C=O) groups excluding carboxylic acids is 2. The maximum Gasteiger partial charge on any atom is 0.337 e. The first-order valence-corrected chi connectivity index (χ1v) is 13.3. The van der Waals surface area contributed by atoms with Crippen molar-refractivity contribution in [1.29, 1.82) is 5.26 Å². The summed E-state index contributed by atoms with van der Waals surface area (Å²) in [5.74, 6) is -1.72. The second-order valence-electron chi connectivity index (χ2n) is 10.6. The molecule has 4 rings (SSSR count). The third-order valence-electron chi connectivity index (χ3n) is 7.46. The van der Waals surface area contributed by atoms with Crippen molar-refractivity contribution in [3.63, 3.8) is 0 Å². The zero-order valence-corrected chi connectivity index (χ0v) is 22.9. The van der Waals surface area contributed by atoms with E-state index in [1.54, 1.807) is 19.0 Å². The van der Waals surface area contributed by atoms with Crippen LogP contribution in [0.3, 0.4) is 0 Å². The third kappa shape index (κ3) is 5.91. The Labute approximate surface area is 223 Å². The molecule has 1 saturated carbocycles. The quantitative estimate of drug-likeness (QED) is 0.321. The Morgan fingerprint density at radius 2 is 1.97 bits per heavy atom. The summed E-state index contributed by atoms with van der Waals surface area (Å²) < 4.78 is 7.85. The van der Waals surface area contributed by atoms with Crippen molar-refractivity contribution in [3.05, 3.63) is 53.4 Å². The molecule has 9 heteroatoms. The highest BCUT2D eigenvalue weighted by atomic mass is 16.7. The SMILES string of the molecule is Cc1oc([C@@H](Cc2cn(C)c3ccccc23)NC(=O)[C@@H](C(=O)ON(C)C2CCCCC2)C(C)C)nc1C#N. The first kappa shape index (κ1) is 27.4. The summed E-state index contributed by atoms with van der Waals surface area (Å²) in [5.41, 5.74) is 2.22. The minimum atomic E-state index is -1.01. The van der Waals surface area contributed by atoms with Gasteiger partial charge in [0.1, 0.15) is 23.8 Å². The van der Waals surface area contributed by atoms with E-state index < -0.39 is 23.8 Å². The fraction of sp³-hybridized carbons (Fsp3) is 0.517. The second kappa shape index (κ2) is 11.8. The Kier molecular flexibility index (Phi) is 8.52. The van der Waals surface area contributed by atoms with Crippen LogP contribution in [0.4, 0.5) is 0 Å². The zero-order valence-electron chi connectivity index (χ0n) is 22.9. The number of hydroxylamine groups is 2. The molecule has 1 amide bonds. The molecule has 1 aromatic carbocycles. The average molecular weight is 520 g/mol. The van der Waals surface area contributed by atoms with Gasteiger partial charge >= 0.3 is 5.97 Å². The highest BCUT2D eigenvalue weighted by Gasteiger charge is 2.36. The van der Waals surface area contributed by atoms with Crippen molar-refractivity contribution < 1.29 is 18.8 Å². The molecule has 38 heavy (non-hydrogen) atoms. The maximum atomic E-state index is 13.6. The Hall–Kier alpha value is -3.64. The molecule has 2 heterocycles. The lowest BCUT2D eigenvalue weighted by Crippen LogP contribution is -2.44. The number of aromatic nitrogens is 2. The van der Waals surface area contributed by atoms with Crippen molar-refractivity contribution >= 4 is 22.8 Å². The molecule has 0 spiro atoms. The molecule has 202 valence electrons. The fourth-order valence-electron chi connectivity index (χ4n) is 5.34. The number of hydrogen-bond acceptors (Lipinski definition) is 7. The van der Waals surface area contributed by atoms with Gasteiger partial charge in [0, 0.05) is 43.7 Å². The standard InChI is InChI=1S/C29H37N5O4/c1-18(2)26(29(36)38-34(5)21-11-7-6-8-12-21)27(35)31-23(28-32-24(16-30)19(3)37-28)15-20-17-33(4)25-14-10-9-13-22(20)25/h9-10,13-14,17-18,21,23,26H,6-8,11-12,15H2,1-5H3,(H,31,35)/t23-,26+/m1/s1. The monoisotopic (exact) mass is 519 g/mol. The van der Waals surface area contributed by atoms with E-state index in [2.05, 4.69) is 10.3 Å². The summed E-state index contributed by atoms with van der Waals surface area (Å²) in [6.45, 7) is 5.32. The first-order chi connectivity index (χ1) is 18.2. The number of nitriles is 1. The van der Waals surface area contributed by atoms with Crippen LogP contribution in [0.25, 0.3) is 10.9 Å². The summed E-state index contributed by atoms with van der Waals surface area (Å²) >= 11 is 0. The normalized spacial score (nSPS) is 15.9. The number of rotatable bonds is 9. The Bertz CT molecular complexity index is 1330. The third-order valence-corrected chi connectivity index (χ3v) is 7.46. The van der Waals surface area contributed by atoms with Gasteiger partial charge in [-0.3, -0.25) is 4.79 Å². The Morgan fingerprint density at radius 3 is 2.63 bits per heavy atom. The van der Waals surface area contributed by atoms with Crippen LogP contribution in [-0.2, 0) is 27.9 Å². The van der Waals surface area contributed by atoms with Crippen molar-refractivity contribution in [2.24, 2.45) is 18.9 Å². The van der Waals surface area contributed by atoms with Crippen LogP contribution in [0.5, 0.6) is 0 Å². The van der Waals surface area contributed by atoms with Gasteiger partial charge in [-0.2, -0.15) is 5.26 Å². The molecule has 9 nitrogen and oxygen atoms in total. The summed E-state index contributed by atoms with van der Waals surface area (Å²) in [5, 5.41) is 15.1. The first-order valence-electron chi connectivity index (χ1n) is 13.3. The molecule has 0 radical (unpaired) electrons. The van der Waals surface area contributed by atoms with Crippen LogP contribution in [0.2, 0.25) is 0 Å². The number of nitrogens with zero attached hydrogens (tertiary/aromatic N) is 4. The van der Waals surface area contributed by atoms with Crippen LogP contribution < -0.4 is 5.32 Å². The topological polar surface area (TPSA) is 113 Å². The van der Waals surface area contributed by atoms with E-state index in [4.69, 9.17) is 9.25 Å². The molecule has 1 fully saturated rings. The van der Waals surface area contributed by atoms with Crippen LogP contribution >= 0.6 is 0 Å². The zero-order chi connectivity index (χ0) is 27.4. The average Bonchev–Trinajstić information content (AvgIpc) is 3.43. The van der Waals surface area contributed by atoms with E-state index in [9.17, 15) is 14.9 Å². The van der Waals surface area contributed by atoms with E-state index in [1.165, 1.54) is 6.42 Å². The molecular formula is C29H37N5O4. The smallest absolute Gasteiger partial charge is 0.337 e. The highest BCUT2D eigenvalue weighted by Crippen LogP contribution is 2.28. The molecule has 2 atom stereocenters. The van der Waals surface area contributed by atoms with Crippen molar-refractivity contribution in [2.75, 3.05) is 7.05 Å². The number of nitrogens with one attached hydrogen (secondary N) is 1. The predicted molar refractivity (Wildman–Crippen MR) is 143 cm³/mol. The molecule has 3 aromatic rings. The van der Waals surface area contributed by atoms with Gasteiger partial charge in [0.2, 0.25) is 11.8 Å². The summed E-state index contributed by atoms with van der Waals surface area (Å²) in [4.78, 5) is 36.9. The van der Waals surface area contributed by atoms with E-state index in [1.807, 2.05) is 62.0 Å². The largest absolute Gasteiger partial charge is 0.442 e. The minimum absolute atomic E-state index is 0.169. The Morgan fingerprint density at radius 1 is 1.26 bits per heavy atom. The summed E-state index contributed by atoms with van der Waals surface area (Å²) in [6.07, 6.45) is 7.74.